The molecule has 1 unspecified atom stereocenters. The number of pyridine rings is 1. The topological polar surface area (TPSA) is 116 Å². The van der Waals surface area contributed by atoms with Gasteiger partial charge in [0, 0.05) is 25.5 Å². The zero-order valence-electron chi connectivity index (χ0n) is 21.1. The Morgan fingerprint density at radius 1 is 1.13 bits per heavy atom. The Morgan fingerprint density at radius 2 is 1.74 bits per heavy atom. The average molecular weight is 535 g/mol. The molecule has 3 N–H and O–H groups in total. The van der Waals surface area contributed by atoms with Gasteiger partial charge in [0.2, 0.25) is 11.7 Å². The van der Waals surface area contributed by atoms with E-state index in [4.69, 9.17) is 19.9 Å². The van der Waals surface area contributed by atoms with Crippen LogP contribution in [0.2, 0.25) is 0 Å². The number of hydrogen-bond donors (Lipinski definition) is 2. The summed E-state index contributed by atoms with van der Waals surface area (Å²) in [7, 11) is 3.99. The van der Waals surface area contributed by atoms with Crippen molar-refractivity contribution >= 4 is 11.8 Å². The van der Waals surface area contributed by atoms with Crippen LogP contribution >= 0.6 is 0 Å². The van der Waals surface area contributed by atoms with Gasteiger partial charge >= 0.3 is 12.1 Å². The minimum atomic E-state index is -5.28. The van der Waals surface area contributed by atoms with Gasteiger partial charge in [-0.3, -0.25) is 14.6 Å². The second-order valence-corrected chi connectivity index (χ2v) is 7.70. The van der Waals surface area contributed by atoms with E-state index in [2.05, 4.69) is 16.9 Å². The molecule has 1 atom stereocenters. The van der Waals surface area contributed by atoms with Gasteiger partial charge in [-0.25, -0.2) is 0 Å². The lowest BCUT2D eigenvalue weighted by atomic mass is 10.0. The number of nitrogens with two attached hydrogens (primary N) is 1. The Morgan fingerprint density at radius 3 is 2.21 bits per heavy atom. The maximum absolute atomic E-state index is 13.8. The fourth-order valence-corrected chi connectivity index (χ4v) is 3.59. The largest absolute Gasteiger partial charge is 0.493 e. The highest BCUT2D eigenvalue weighted by Gasteiger charge is 2.47. The summed E-state index contributed by atoms with van der Waals surface area (Å²) < 4.78 is 57.4. The first-order valence-electron chi connectivity index (χ1n) is 11.1. The minimum absolute atomic E-state index is 0.00715. The summed E-state index contributed by atoms with van der Waals surface area (Å²) in [6.45, 7) is 2.93. The Bertz CT molecular complexity index is 1160. The molecule has 204 valence electrons. The normalized spacial score (nSPS) is 12.5. The molecule has 0 aliphatic carbocycles. The number of halogens is 3. The fraction of sp³-hybridized carbons (Fsp3) is 0.269. The van der Waals surface area contributed by atoms with Crippen LogP contribution in [-0.4, -0.2) is 55.7 Å². The highest BCUT2D eigenvalue weighted by Crippen LogP contribution is 2.41. The second kappa shape index (κ2) is 13.7. The van der Waals surface area contributed by atoms with Crippen LogP contribution in [0.25, 0.3) is 0 Å². The quantitative estimate of drug-likeness (QED) is 0.401. The molecule has 0 spiro atoms. The van der Waals surface area contributed by atoms with Crippen LogP contribution in [0.5, 0.6) is 17.2 Å². The predicted molar refractivity (Wildman–Crippen MR) is 134 cm³/mol. The lowest BCUT2D eigenvalue weighted by Gasteiger charge is -2.32. The second-order valence-electron chi connectivity index (χ2n) is 7.70. The highest BCUT2D eigenvalue weighted by molar-refractivity contribution is 5.91. The third-order valence-electron chi connectivity index (χ3n) is 5.28. The Hall–Kier alpha value is -4.48. The van der Waals surface area contributed by atoms with E-state index in [0.717, 1.165) is 0 Å². The first kappa shape index (κ1) is 29.7. The lowest BCUT2D eigenvalue weighted by molar-refractivity contribution is -0.189. The zero-order chi connectivity index (χ0) is 28.3. The number of ether oxygens (including phenoxy) is 3. The number of aromatic nitrogens is 1. The first-order valence-corrected chi connectivity index (χ1v) is 11.1. The molecule has 1 aromatic heterocycles. The summed E-state index contributed by atoms with van der Waals surface area (Å²) in [4.78, 5) is 30.6. The number of amides is 2. The molecule has 0 radical (unpaired) electrons. The van der Waals surface area contributed by atoms with Gasteiger partial charge in [-0.15, -0.1) is 0 Å². The number of methoxy groups -OCH3 is 3. The Labute approximate surface area is 218 Å². The monoisotopic (exact) mass is 534 g/mol. The van der Waals surface area contributed by atoms with Crippen molar-refractivity contribution in [2.45, 2.75) is 18.8 Å². The molecule has 0 saturated carbocycles. The van der Waals surface area contributed by atoms with E-state index in [0.29, 0.717) is 16.0 Å². The molecular formula is C26H29F3N4O5. The summed E-state index contributed by atoms with van der Waals surface area (Å²) in [6.07, 6.45) is 3.21. The van der Waals surface area contributed by atoms with Gasteiger partial charge in [0.05, 0.1) is 21.3 Å². The van der Waals surface area contributed by atoms with Crippen LogP contribution in [0, 0.1) is 0 Å². The number of rotatable bonds is 12. The third kappa shape index (κ3) is 7.51. The van der Waals surface area contributed by atoms with E-state index < -0.39 is 30.6 Å². The fourth-order valence-electron chi connectivity index (χ4n) is 3.59. The smallest absolute Gasteiger partial charge is 0.471 e. The van der Waals surface area contributed by atoms with E-state index in [1.54, 1.807) is 6.08 Å². The van der Waals surface area contributed by atoms with Crippen LogP contribution in [0.4, 0.5) is 13.2 Å². The maximum Gasteiger partial charge on any atom is 0.471 e. The number of benzene rings is 1. The van der Waals surface area contributed by atoms with Crippen molar-refractivity contribution in [1.82, 2.24) is 15.2 Å². The number of hydrogen-bond acceptors (Lipinski definition) is 7. The van der Waals surface area contributed by atoms with Crippen molar-refractivity contribution < 1.29 is 37.0 Å². The van der Waals surface area contributed by atoms with Gasteiger partial charge < -0.3 is 30.2 Å². The number of alkyl halides is 3. The van der Waals surface area contributed by atoms with Crippen molar-refractivity contribution in [1.29, 1.82) is 0 Å². The third-order valence-corrected chi connectivity index (χ3v) is 5.28. The van der Waals surface area contributed by atoms with E-state index >= 15 is 0 Å². The van der Waals surface area contributed by atoms with Gasteiger partial charge in [-0.05, 0) is 53.2 Å². The molecule has 2 aromatic rings. The zero-order valence-corrected chi connectivity index (χ0v) is 21.1. The average Bonchev–Trinajstić information content (AvgIpc) is 2.90. The summed E-state index contributed by atoms with van der Waals surface area (Å²) in [5, 5.41) is 2.58. The maximum atomic E-state index is 13.8. The summed E-state index contributed by atoms with van der Waals surface area (Å²) >= 11 is 0. The molecular weight excluding hydrogens is 505 g/mol. The van der Waals surface area contributed by atoms with Gasteiger partial charge in [-0.1, -0.05) is 18.7 Å². The number of nitrogens with one attached hydrogen (secondary N) is 1. The number of allylic oxidation sites excluding steroid dienone is 2. The molecule has 9 nitrogen and oxygen atoms in total. The minimum Gasteiger partial charge on any atom is -0.493 e. The van der Waals surface area contributed by atoms with Crippen molar-refractivity contribution in [3.8, 4) is 17.2 Å². The van der Waals surface area contributed by atoms with Gasteiger partial charge in [0.1, 0.15) is 6.04 Å². The summed E-state index contributed by atoms with van der Waals surface area (Å²) in [5.74, 6) is -2.79. The number of nitrogens with zero attached hydrogens (tertiary/aromatic N) is 2. The molecule has 1 aromatic carbocycles. The van der Waals surface area contributed by atoms with Gasteiger partial charge in [-0.2, -0.15) is 13.2 Å². The SMILES string of the molecule is C=C/C=C(\C=C/N)CNC(=O)C(c1cc(OC)c(OC)c(OC)c1)N(Cc1ccncc1)C(=O)C(F)(F)F. The molecule has 1 heterocycles. The molecule has 2 rings (SSSR count). The molecule has 0 aliphatic heterocycles. The molecule has 0 saturated heterocycles. The Balaban J connectivity index is 2.72. The van der Waals surface area contributed by atoms with Crippen LogP contribution in [-0.2, 0) is 16.1 Å². The van der Waals surface area contributed by atoms with Gasteiger partial charge in [0.15, 0.2) is 11.5 Å². The van der Waals surface area contributed by atoms with E-state index in [1.165, 1.54) is 76.3 Å². The van der Waals surface area contributed by atoms with Crippen LogP contribution in [0.3, 0.4) is 0 Å². The summed E-state index contributed by atoms with van der Waals surface area (Å²) in [6, 6.07) is 3.76. The Kier molecular flexibility index (Phi) is 10.7. The van der Waals surface area contributed by atoms with Crippen LogP contribution < -0.4 is 25.3 Å². The van der Waals surface area contributed by atoms with Crippen molar-refractivity contribution in [2.75, 3.05) is 27.9 Å². The van der Waals surface area contributed by atoms with Crippen molar-refractivity contribution in [3.05, 3.63) is 84.4 Å². The molecule has 2 amide bonds. The summed E-state index contributed by atoms with van der Waals surface area (Å²) in [5.41, 5.74) is 6.27. The predicted octanol–water partition coefficient (Wildman–Crippen LogP) is 3.44. The standard InChI is InChI=1S/C26H29F3N4O5/c1-5-6-17(7-10-30)15-32-24(34)22(19-13-20(36-2)23(38-4)21(14-19)37-3)33(25(35)26(27,28)29)16-18-8-11-31-12-9-18/h5-14,22H,1,15-16,30H2,2-4H3,(H,32,34)/b10-7-,17-6+. The lowest BCUT2D eigenvalue weighted by Crippen LogP contribution is -2.48. The van der Waals surface area contributed by atoms with Crippen LogP contribution in [0.15, 0.2) is 73.2 Å². The van der Waals surface area contributed by atoms with Crippen molar-refractivity contribution in [3.63, 3.8) is 0 Å². The molecule has 0 aliphatic rings. The van der Waals surface area contributed by atoms with Crippen LogP contribution in [0.1, 0.15) is 17.2 Å². The van der Waals surface area contributed by atoms with E-state index in [9.17, 15) is 22.8 Å². The molecule has 0 bridgehead atoms. The first-order chi connectivity index (χ1) is 18.1. The molecule has 38 heavy (non-hydrogen) atoms. The number of carbonyl (C=O) groups excluding carboxylic acids is 2. The molecule has 0 fully saturated rings. The van der Waals surface area contributed by atoms with Gasteiger partial charge in [0.25, 0.3) is 0 Å². The van der Waals surface area contributed by atoms with Crippen molar-refractivity contribution in [2.24, 2.45) is 5.73 Å². The van der Waals surface area contributed by atoms with E-state index in [-0.39, 0.29) is 29.4 Å². The highest BCUT2D eigenvalue weighted by atomic mass is 19.4. The molecule has 12 heteroatoms. The van der Waals surface area contributed by atoms with E-state index in [1.807, 2.05) is 0 Å². The number of carbonyl (C=O) groups is 2.